The fourth-order valence-electron chi connectivity index (χ4n) is 3.05. The van der Waals surface area contributed by atoms with Gasteiger partial charge in [-0.2, -0.15) is 0 Å². The number of hydrogen-bond donors (Lipinski definition) is 1. The molecule has 2 aliphatic heterocycles. The van der Waals surface area contributed by atoms with Crippen molar-refractivity contribution in [2.24, 2.45) is 11.3 Å². The third kappa shape index (κ3) is 4.21. The van der Waals surface area contributed by atoms with Gasteiger partial charge in [0.2, 0.25) is 0 Å². The molecular weight excluding hydrogens is 248 g/mol. The largest absolute Gasteiger partial charge is 0.315 e. The zero-order valence-corrected chi connectivity index (χ0v) is 12.4. The van der Waals surface area contributed by atoms with Gasteiger partial charge in [0, 0.05) is 32.7 Å². The lowest BCUT2D eigenvalue weighted by Gasteiger charge is -2.33. The van der Waals surface area contributed by atoms with Crippen LogP contribution in [0.1, 0.15) is 26.7 Å². The second-order valence-electron chi connectivity index (χ2n) is 6.67. The number of rotatable bonds is 2. The van der Waals surface area contributed by atoms with Crippen LogP contribution < -0.4 is 5.32 Å². The minimum Gasteiger partial charge on any atom is -0.315 e. The highest BCUT2D eigenvalue weighted by molar-refractivity contribution is 7.91. The van der Waals surface area contributed by atoms with Crippen molar-refractivity contribution >= 4 is 9.84 Å². The van der Waals surface area contributed by atoms with Gasteiger partial charge in [0.25, 0.3) is 0 Å². The molecule has 0 unspecified atom stereocenters. The first-order valence-electron chi connectivity index (χ1n) is 7.00. The molecule has 0 aromatic heterocycles. The molecule has 0 spiro atoms. The van der Waals surface area contributed by atoms with Crippen LogP contribution in [-0.4, -0.2) is 57.5 Å². The molecule has 106 valence electrons. The Balaban J connectivity index is 1.85. The lowest BCUT2D eigenvalue weighted by molar-refractivity contribution is 0.176. The zero-order chi connectivity index (χ0) is 13.2. The van der Waals surface area contributed by atoms with Gasteiger partial charge < -0.3 is 10.2 Å². The Bertz CT molecular complexity index is 364. The summed E-state index contributed by atoms with van der Waals surface area (Å²) in [6.45, 7) is 9.99. The van der Waals surface area contributed by atoms with E-state index < -0.39 is 9.84 Å². The normalized spacial score (nSPS) is 29.9. The first kappa shape index (κ1) is 14.3. The van der Waals surface area contributed by atoms with Crippen molar-refractivity contribution in [1.82, 2.24) is 10.2 Å². The third-order valence-electron chi connectivity index (χ3n) is 4.05. The molecule has 2 saturated heterocycles. The van der Waals surface area contributed by atoms with Crippen molar-refractivity contribution in [3.8, 4) is 0 Å². The molecule has 2 fully saturated rings. The van der Waals surface area contributed by atoms with E-state index in [0.29, 0.717) is 22.8 Å². The van der Waals surface area contributed by atoms with Crippen molar-refractivity contribution in [2.75, 3.05) is 44.2 Å². The second-order valence-corrected chi connectivity index (χ2v) is 8.97. The molecule has 0 amide bonds. The molecule has 5 heteroatoms. The van der Waals surface area contributed by atoms with Crippen LogP contribution in [0, 0.1) is 11.3 Å². The Morgan fingerprint density at radius 2 is 1.94 bits per heavy atom. The molecule has 0 bridgehead atoms. The molecule has 1 N–H and O–H groups in total. The Morgan fingerprint density at radius 1 is 1.28 bits per heavy atom. The minimum absolute atomic E-state index is 0.317. The Morgan fingerprint density at radius 3 is 2.61 bits per heavy atom. The smallest absolute Gasteiger partial charge is 0.150 e. The summed E-state index contributed by atoms with van der Waals surface area (Å²) in [5.41, 5.74) is 0.317. The van der Waals surface area contributed by atoms with Gasteiger partial charge in [0.15, 0.2) is 0 Å². The SMILES string of the molecule is CC1(C)CNCCN(CC2CCS(=O)(=O)CC2)C1. The highest BCUT2D eigenvalue weighted by Crippen LogP contribution is 2.23. The van der Waals surface area contributed by atoms with E-state index >= 15 is 0 Å². The molecule has 0 saturated carbocycles. The first-order valence-corrected chi connectivity index (χ1v) is 8.82. The maximum Gasteiger partial charge on any atom is 0.150 e. The van der Waals surface area contributed by atoms with Gasteiger partial charge in [0.1, 0.15) is 9.84 Å². The van der Waals surface area contributed by atoms with Crippen molar-refractivity contribution in [2.45, 2.75) is 26.7 Å². The monoisotopic (exact) mass is 274 g/mol. The fraction of sp³-hybridized carbons (Fsp3) is 1.00. The van der Waals surface area contributed by atoms with Gasteiger partial charge in [-0.1, -0.05) is 13.8 Å². The summed E-state index contributed by atoms with van der Waals surface area (Å²) in [7, 11) is -2.72. The fourth-order valence-corrected chi connectivity index (χ4v) is 4.64. The number of hydrogen-bond acceptors (Lipinski definition) is 4. The van der Waals surface area contributed by atoms with Gasteiger partial charge >= 0.3 is 0 Å². The summed E-state index contributed by atoms with van der Waals surface area (Å²) < 4.78 is 22.8. The van der Waals surface area contributed by atoms with E-state index in [0.717, 1.165) is 45.6 Å². The maximum absolute atomic E-state index is 11.4. The van der Waals surface area contributed by atoms with Gasteiger partial charge in [-0.3, -0.25) is 0 Å². The Hall–Kier alpha value is -0.130. The lowest BCUT2D eigenvalue weighted by atomic mass is 9.92. The van der Waals surface area contributed by atoms with Crippen LogP contribution in [0.3, 0.4) is 0 Å². The van der Waals surface area contributed by atoms with Gasteiger partial charge in [-0.15, -0.1) is 0 Å². The average molecular weight is 274 g/mol. The molecule has 0 aliphatic carbocycles. The van der Waals surface area contributed by atoms with Crippen LogP contribution in [0.15, 0.2) is 0 Å². The molecule has 2 aliphatic rings. The maximum atomic E-state index is 11.4. The first-order chi connectivity index (χ1) is 8.36. The topological polar surface area (TPSA) is 49.4 Å². The molecule has 4 nitrogen and oxygen atoms in total. The van der Waals surface area contributed by atoms with Crippen LogP contribution in [0.2, 0.25) is 0 Å². The molecular formula is C13H26N2O2S. The van der Waals surface area contributed by atoms with E-state index in [-0.39, 0.29) is 0 Å². The Kier molecular flexibility index (Phi) is 4.34. The van der Waals surface area contributed by atoms with Crippen molar-refractivity contribution in [1.29, 1.82) is 0 Å². The van der Waals surface area contributed by atoms with Crippen LogP contribution in [0.4, 0.5) is 0 Å². The van der Waals surface area contributed by atoms with Crippen molar-refractivity contribution in [3.05, 3.63) is 0 Å². The van der Waals surface area contributed by atoms with Crippen molar-refractivity contribution in [3.63, 3.8) is 0 Å². The van der Waals surface area contributed by atoms with Crippen LogP contribution in [-0.2, 0) is 9.84 Å². The molecule has 0 aromatic carbocycles. The summed E-state index contributed by atoms with van der Waals surface area (Å²) in [6.07, 6.45) is 1.71. The van der Waals surface area contributed by atoms with Gasteiger partial charge in [-0.25, -0.2) is 8.42 Å². The van der Waals surface area contributed by atoms with Crippen LogP contribution in [0.5, 0.6) is 0 Å². The summed E-state index contributed by atoms with van der Waals surface area (Å²) in [4.78, 5) is 2.52. The average Bonchev–Trinajstić information content (AvgIpc) is 2.42. The quantitative estimate of drug-likeness (QED) is 0.807. The van der Waals surface area contributed by atoms with E-state index in [2.05, 4.69) is 24.1 Å². The summed E-state index contributed by atoms with van der Waals surface area (Å²) in [6, 6.07) is 0. The van der Waals surface area contributed by atoms with E-state index in [4.69, 9.17) is 0 Å². The van der Waals surface area contributed by atoms with E-state index in [1.54, 1.807) is 0 Å². The molecule has 2 rings (SSSR count). The highest BCUT2D eigenvalue weighted by atomic mass is 32.2. The lowest BCUT2D eigenvalue weighted by Crippen LogP contribution is -2.39. The molecule has 2 heterocycles. The van der Waals surface area contributed by atoms with E-state index in [1.807, 2.05) is 0 Å². The van der Waals surface area contributed by atoms with Crippen molar-refractivity contribution < 1.29 is 8.42 Å². The third-order valence-corrected chi connectivity index (χ3v) is 5.77. The van der Waals surface area contributed by atoms with E-state index in [9.17, 15) is 8.42 Å². The summed E-state index contributed by atoms with van der Waals surface area (Å²) >= 11 is 0. The molecule has 0 atom stereocenters. The predicted molar refractivity (Wildman–Crippen MR) is 74.5 cm³/mol. The molecule has 18 heavy (non-hydrogen) atoms. The van der Waals surface area contributed by atoms with Crippen LogP contribution >= 0.6 is 0 Å². The van der Waals surface area contributed by atoms with E-state index in [1.165, 1.54) is 0 Å². The number of nitrogens with one attached hydrogen (secondary N) is 1. The molecule has 0 aromatic rings. The zero-order valence-electron chi connectivity index (χ0n) is 11.6. The summed E-state index contributed by atoms with van der Waals surface area (Å²) in [5.74, 6) is 1.36. The molecule has 0 radical (unpaired) electrons. The summed E-state index contributed by atoms with van der Waals surface area (Å²) in [5, 5.41) is 3.48. The second kappa shape index (κ2) is 5.47. The predicted octanol–water partition coefficient (Wildman–Crippen LogP) is 0.743. The highest BCUT2D eigenvalue weighted by Gasteiger charge is 2.28. The van der Waals surface area contributed by atoms with Crippen LogP contribution in [0.25, 0.3) is 0 Å². The minimum atomic E-state index is -2.72. The number of nitrogens with zero attached hydrogens (tertiary/aromatic N) is 1. The van der Waals surface area contributed by atoms with Gasteiger partial charge in [-0.05, 0) is 24.2 Å². The van der Waals surface area contributed by atoms with Gasteiger partial charge in [0.05, 0.1) is 11.5 Å². The Labute approximate surface area is 111 Å². The standard InChI is InChI=1S/C13H26N2O2S/c1-13(2)10-14-5-6-15(11-13)9-12-3-7-18(16,17)8-4-12/h12,14H,3-11H2,1-2H3. The number of sulfone groups is 1.